The Kier molecular flexibility index (Phi) is 10.8. The lowest BCUT2D eigenvalue weighted by atomic mass is 9.97. The van der Waals surface area contributed by atoms with Gasteiger partial charge in [0.05, 0.1) is 50.8 Å². The third kappa shape index (κ3) is 7.37. The zero-order valence-electron chi connectivity index (χ0n) is 21.4. The predicted molar refractivity (Wildman–Crippen MR) is 137 cm³/mol. The zero-order valence-corrected chi connectivity index (χ0v) is 21.4. The molecule has 0 radical (unpaired) electrons. The topological polar surface area (TPSA) is 148 Å². The number of carboxylic acids is 2. The van der Waals surface area contributed by atoms with Crippen molar-refractivity contribution in [2.45, 2.75) is 18.9 Å². The molecule has 1 unspecified atom stereocenters. The molecule has 0 saturated carbocycles. The van der Waals surface area contributed by atoms with E-state index in [0.717, 1.165) is 50.2 Å². The molecule has 38 heavy (non-hydrogen) atoms. The molecular weight excluding hydrogens is 498 g/mol. The predicted octanol–water partition coefficient (Wildman–Crippen LogP) is 2.98. The number of carbonyl (C=O) groups is 2. The number of fused-ring (bicyclic) bond motifs is 1. The number of aliphatic carboxylic acids is 2. The second kappa shape index (κ2) is 14.2. The number of nitrogens with zero attached hydrogens (tertiary/aromatic N) is 1. The maximum atomic E-state index is 11.3. The largest absolute Gasteiger partial charge is 0.495 e. The molecule has 1 atom stereocenters. The van der Waals surface area contributed by atoms with Crippen LogP contribution in [0.2, 0.25) is 0 Å². The minimum atomic E-state index is -1.82. The van der Waals surface area contributed by atoms with E-state index in [1.54, 1.807) is 20.5 Å². The van der Waals surface area contributed by atoms with Crippen molar-refractivity contribution in [3.63, 3.8) is 0 Å². The highest BCUT2D eigenvalue weighted by Gasteiger charge is 2.29. The number of benzene rings is 2. The second-order valence-corrected chi connectivity index (χ2v) is 8.43. The number of ether oxygens (including phenoxy) is 4. The summed E-state index contributed by atoms with van der Waals surface area (Å²) in [6.45, 7) is 4.44. The highest BCUT2D eigenvalue weighted by Crippen LogP contribution is 2.49. The fourth-order valence-corrected chi connectivity index (χ4v) is 4.18. The fourth-order valence-electron chi connectivity index (χ4n) is 4.18. The van der Waals surface area contributed by atoms with Crippen LogP contribution in [0.5, 0.6) is 17.2 Å². The molecule has 3 N–H and O–H groups in total. The summed E-state index contributed by atoms with van der Waals surface area (Å²) in [5, 5.41) is 26.8. The zero-order chi connectivity index (χ0) is 27.5. The summed E-state index contributed by atoms with van der Waals surface area (Å²) in [6, 6.07) is 11.9. The van der Waals surface area contributed by atoms with Crippen molar-refractivity contribution < 1.29 is 48.3 Å². The Bertz CT molecular complexity index is 1180. The van der Waals surface area contributed by atoms with E-state index in [4.69, 9.17) is 43.2 Å². The summed E-state index contributed by atoms with van der Waals surface area (Å²) in [6.07, 6.45) is 2.04. The fraction of sp³-hybridized carbons (Fsp3) is 0.407. The van der Waals surface area contributed by atoms with Gasteiger partial charge in [0.25, 0.3) is 0 Å². The van der Waals surface area contributed by atoms with E-state index in [0.29, 0.717) is 41.4 Å². The van der Waals surface area contributed by atoms with Gasteiger partial charge in [-0.2, -0.15) is 0 Å². The lowest BCUT2D eigenvalue weighted by molar-refractivity contribution is -0.159. The van der Waals surface area contributed by atoms with Gasteiger partial charge in [-0.05, 0) is 24.5 Å². The Hall–Kier alpha value is -3.80. The average molecular weight is 532 g/mol. The van der Waals surface area contributed by atoms with Crippen LogP contribution in [-0.4, -0.2) is 85.8 Å². The summed E-state index contributed by atoms with van der Waals surface area (Å²) in [5.41, 5.74) is 2.30. The van der Waals surface area contributed by atoms with Gasteiger partial charge in [-0.1, -0.05) is 30.3 Å². The average Bonchev–Trinajstić information content (AvgIpc) is 3.42. The molecule has 2 aromatic carbocycles. The Balaban J connectivity index is 0.000000599. The highest BCUT2D eigenvalue weighted by atomic mass is 16.5. The quantitative estimate of drug-likeness (QED) is 0.332. The number of furan rings is 1. The molecule has 0 spiro atoms. The molecule has 2 heterocycles. The molecule has 3 aromatic rings. The van der Waals surface area contributed by atoms with Crippen molar-refractivity contribution in [2.24, 2.45) is 0 Å². The molecule has 1 aliphatic heterocycles. The summed E-state index contributed by atoms with van der Waals surface area (Å²) in [5.74, 6) is -2.15. The normalized spacial score (nSPS) is 14.3. The van der Waals surface area contributed by atoms with Gasteiger partial charge in [0, 0.05) is 19.6 Å². The summed E-state index contributed by atoms with van der Waals surface area (Å²) >= 11 is 0. The first-order valence-electron chi connectivity index (χ1n) is 12.1. The summed E-state index contributed by atoms with van der Waals surface area (Å²) in [4.78, 5) is 20.5. The first-order chi connectivity index (χ1) is 18.4. The Morgan fingerprint density at radius 3 is 2.24 bits per heavy atom. The lowest BCUT2D eigenvalue weighted by Gasteiger charge is -2.27. The van der Waals surface area contributed by atoms with Gasteiger partial charge in [0.15, 0.2) is 11.3 Å². The van der Waals surface area contributed by atoms with Crippen molar-refractivity contribution in [1.29, 1.82) is 0 Å². The van der Waals surface area contributed by atoms with Gasteiger partial charge in [-0.25, -0.2) is 9.59 Å². The third-order valence-corrected chi connectivity index (χ3v) is 6.04. The van der Waals surface area contributed by atoms with Crippen LogP contribution in [0.25, 0.3) is 11.0 Å². The van der Waals surface area contributed by atoms with Gasteiger partial charge in [0.1, 0.15) is 12.4 Å². The van der Waals surface area contributed by atoms with E-state index < -0.39 is 18.0 Å². The molecule has 11 nitrogen and oxygen atoms in total. The molecular formula is C27H33NO10. The SMILES string of the molecule is COc1c(C(O)CCc2ccccc2)c(OCCN2CCOCC2)c(OC)c2occc12.O=C(O)C(=O)O. The van der Waals surface area contributed by atoms with E-state index >= 15 is 0 Å². The van der Waals surface area contributed by atoms with Crippen LogP contribution in [-0.2, 0) is 20.7 Å². The van der Waals surface area contributed by atoms with Crippen LogP contribution in [0, 0.1) is 0 Å². The summed E-state index contributed by atoms with van der Waals surface area (Å²) < 4.78 is 28.8. The van der Waals surface area contributed by atoms with E-state index in [2.05, 4.69) is 17.0 Å². The molecule has 1 saturated heterocycles. The number of carboxylic acid groups (broad SMARTS) is 2. The number of hydrogen-bond acceptors (Lipinski definition) is 9. The number of hydrogen-bond donors (Lipinski definition) is 3. The van der Waals surface area contributed by atoms with Crippen LogP contribution in [0.15, 0.2) is 47.1 Å². The second-order valence-electron chi connectivity index (χ2n) is 8.43. The molecule has 4 rings (SSSR count). The first kappa shape index (κ1) is 28.8. The highest BCUT2D eigenvalue weighted by molar-refractivity contribution is 6.27. The molecule has 1 aliphatic rings. The van der Waals surface area contributed by atoms with Gasteiger partial charge in [-0.15, -0.1) is 0 Å². The summed E-state index contributed by atoms with van der Waals surface area (Å²) in [7, 11) is 3.18. The van der Waals surface area contributed by atoms with Gasteiger partial charge < -0.3 is 38.7 Å². The third-order valence-electron chi connectivity index (χ3n) is 6.04. The van der Waals surface area contributed by atoms with Gasteiger partial charge in [-0.3, -0.25) is 4.90 Å². The molecule has 0 amide bonds. The monoisotopic (exact) mass is 531 g/mol. The van der Waals surface area contributed by atoms with Crippen molar-refractivity contribution in [3.05, 3.63) is 53.8 Å². The number of morpholine rings is 1. The molecule has 206 valence electrons. The van der Waals surface area contributed by atoms with E-state index in [9.17, 15) is 5.11 Å². The Labute approximate surface area is 220 Å². The minimum absolute atomic E-state index is 0.449. The maximum absolute atomic E-state index is 11.3. The number of aryl methyl sites for hydroxylation is 1. The molecule has 0 bridgehead atoms. The molecule has 1 aromatic heterocycles. The molecule has 11 heteroatoms. The standard InChI is InChI=1S/C25H31NO6.C2H2O4/c1-28-22-19-10-14-31-23(19)25(29-2)24(32-17-13-26-11-15-30-16-12-26)21(22)20(27)9-8-18-6-4-3-5-7-18;3-1(4)2(5)6/h3-7,10,14,20,27H,8-9,11-13,15-17H2,1-2H3;(H,3,4)(H,5,6). The van der Waals surface area contributed by atoms with Gasteiger partial charge in [0.2, 0.25) is 5.75 Å². The van der Waals surface area contributed by atoms with Crippen LogP contribution in [0.3, 0.4) is 0 Å². The van der Waals surface area contributed by atoms with Crippen molar-refractivity contribution >= 4 is 22.9 Å². The van der Waals surface area contributed by atoms with E-state index in [-0.39, 0.29) is 0 Å². The number of aliphatic hydroxyl groups excluding tert-OH is 1. The Morgan fingerprint density at radius 1 is 0.974 bits per heavy atom. The van der Waals surface area contributed by atoms with Crippen LogP contribution >= 0.6 is 0 Å². The van der Waals surface area contributed by atoms with Crippen LogP contribution in [0.4, 0.5) is 0 Å². The van der Waals surface area contributed by atoms with Crippen LogP contribution < -0.4 is 14.2 Å². The van der Waals surface area contributed by atoms with Crippen LogP contribution in [0.1, 0.15) is 23.7 Å². The number of rotatable bonds is 10. The maximum Gasteiger partial charge on any atom is 0.414 e. The van der Waals surface area contributed by atoms with Crippen molar-refractivity contribution in [1.82, 2.24) is 4.90 Å². The van der Waals surface area contributed by atoms with E-state index in [1.165, 1.54) is 0 Å². The smallest absolute Gasteiger partial charge is 0.414 e. The Morgan fingerprint density at radius 2 is 1.63 bits per heavy atom. The number of methoxy groups -OCH3 is 2. The molecule has 1 fully saturated rings. The first-order valence-corrected chi connectivity index (χ1v) is 12.1. The minimum Gasteiger partial charge on any atom is -0.495 e. The lowest BCUT2D eigenvalue weighted by Crippen LogP contribution is -2.38. The van der Waals surface area contributed by atoms with E-state index in [1.807, 2.05) is 24.3 Å². The number of aliphatic hydroxyl groups is 1. The van der Waals surface area contributed by atoms with Crippen molar-refractivity contribution in [3.8, 4) is 17.2 Å². The van der Waals surface area contributed by atoms with Gasteiger partial charge >= 0.3 is 11.9 Å². The molecule has 0 aliphatic carbocycles. The van der Waals surface area contributed by atoms with Crippen molar-refractivity contribution in [2.75, 3.05) is 53.7 Å².